The quantitative estimate of drug-likeness (QED) is 0.668. The van der Waals surface area contributed by atoms with Crippen LogP contribution in [-0.4, -0.2) is 35.5 Å². The van der Waals surface area contributed by atoms with Gasteiger partial charge in [0.1, 0.15) is 12.6 Å². The number of guanidine groups is 1. The largest absolute Gasteiger partial charge is 0.480 e. The van der Waals surface area contributed by atoms with Crippen LogP contribution in [0.5, 0.6) is 0 Å². The van der Waals surface area contributed by atoms with Crippen molar-refractivity contribution in [1.82, 2.24) is 5.32 Å². The summed E-state index contributed by atoms with van der Waals surface area (Å²) in [5, 5.41) is 12.2. The Labute approximate surface area is 181 Å². The highest BCUT2D eigenvalue weighted by Gasteiger charge is 2.34. The highest BCUT2D eigenvalue weighted by molar-refractivity contribution is 9.10. The van der Waals surface area contributed by atoms with Crippen LogP contribution in [0.15, 0.2) is 51.9 Å². The SMILES string of the molecule is CC1NC(=NCC(=O)O)N(c2cc(Cl)cc(Cl)c2)C1=O.Cc1ccc(Br)cc1. The second-order valence-corrected chi connectivity index (χ2v) is 7.79. The van der Waals surface area contributed by atoms with Gasteiger partial charge in [0.05, 0.1) is 5.69 Å². The standard InChI is InChI=1S/C12H11Cl2N3O3.C7H7Br/c1-6-11(20)17(12(16-6)15-5-10(18)19)9-3-7(13)2-8(14)4-9;1-6-2-4-7(8)5-3-6/h2-4,6H,5H2,1H3,(H,15,16)(H,18,19);2-5H,1H3. The van der Waals surface area contributed by atoms with Gasteiger partial charge in [0, 0.05) is 14.5 Å². The van der Waals surface area contributed by atoms with Crippen LogP contribution < -0.4 is 10.2 Å². The highest BCUT2D eigenvalue weighted by atomic mass is 79.9. The van der Waals surface area contributed by atoms with Crippen LogP contribution >= 0.6 is 39.1 Å². The number of amides is 1. The Bertz CT molecular complexity index is 863. The predicted molar refractivity (Wildman–Crippen MR) is 115 cm³/mol. The average molecular weight is 487 g/mol. The van der Waals surface area contributed by atoms with Gasteiger partial charge in [-0.3, -0.25) is 9.59 Å². The summed E-state index contributed by atoms with van der Waals surface area (Å²) in [7, 11) is 0. The summed E-state index contributed by atoms with van der Waals surface area (Å²) in [5.74, 6) is -1.17. The third kappa shape index (κ3) is 6.22. The summed E-state index contributed by atoms with van der Waals surface area (Å²) in [6.45, 7) is 3.30. The van der Waals surface area contributed by atoms with E-state index in [-0.39, 0.29) is 11.9 Å². The number of rotatable bonds is 3. The molecule has 0 saturated carbocycles. The van der Waals surface area contributed by atoms with Gasteiger partial charge >= 0.3 is 5.97 Å². The Kier molecular flexibility index (Phi) is 7.86. The van der Waals surface area contributed by atoms with Gasteiger partial charge in [-0.2, -0.15) is 0 Å². The van der Waals surface area contributed by atoms with Crippen molar-refractivity contribution in [3.05, 3.63) is 62.5 Å². The number of nitrogens with one attached hydrogen (secondary N) is 1. The Hall–Kier alpha value is -2.09. The Balaban J connectivity index is 0.000000292. The molecule has 0 radical (unpaired) electrons. The molecule has 1 aliphatic rings. The number of hydrogen-bond donors (Lipinski definition) is 2. The Morgan fingerprint density at radius 1 is 1.21 bits per heavy atom. The Morgan fingerprint density at radius 2 is 1.79 bits per heavy atom. The number of carboxylic acids is 1. The fraction of sp³-hybridized carbons (Fsp3) is 0.211. The van der Waals surface area contributed by atoms with Gasteiger partial charge < -0.3 is 10.4 Å². The summed E-state index contributed by atoms with van der Waals surface area (Å²) in [4.78, 5) is 27.9. The number of nitrogens with zero attached hydrogens (tertiary/aromatic N) is 2. The first-order valence-electron chi connectivity index (χ1n) is 8.22. The fourth-order valence-corrected chi connectivity index (χ4v) is 3.11. The molecule has 0 bridgehead atoms. The first-order chi connectivity index (χ1) is 13.2. The number of aliphatic imine (C=N–C) groups is 1. The molecule has 148 valence electrons. The van der Waals surface area contributed by atoms with Crippen LogP contribution in [-0.2, 0) is 9.59 Å². The number of carbonyl (C=O) groups is 2. The summed E-state index contributed by atoms with van der Waals surface area (Å²) in [6.07, 6.45) is 0. The van der Waals surface area contributed by atoms with Crippen molar-refractivity contribution in [2.45, 2.75) is 19.9 Å². The number of carbonyl (C=O) groups excluding carboxylic acids is 1. The van der Waals surface area contributed by atoms with Crippen LogP contribution in [0.25, 0.3) is 0 Å². The summed E-state index contributed by atoms with van der Waals surface area (Å²) < 4.78 is 1.14. The molecule has 0 aromatic heterocycles. The second kappa shape index (κ2) is 9.91. The lowest BCUT2D eigenvalue weighted by atomic mass is 10.2. The van der Waals surface area contributed by atoms with Gasteiger partial charge in [0.2, 0.25) is 5.96 Å². The van der Waals surface area contributed by atoms with Crippen molar-refractivity contribution < 1.29 is 14.7 Å². The van der Waals surface area contributed by atoms with Crippen LogP contribution in [0.4, 0.5) is 5.69 Å². The van der Waals surface area contributed by atoms with E-state index in [0.717, 1.165) is 4.47 Å². The molecule has 0 aliphatic carbocycles. The second-order valence-electron chi connectivity index (χ2n) is 6.00. The van der Waals surface area contributed by atoms with Gasteiger partial charge in [-0.05, 0) is 44.2 Å². The molecule has 2 N–H and O–H groups in total. The molecule has 6 nitrogen and oxygen atoms in total. The minimum atomic E-state index is -1.09. The monoisotopic (exact) mass is 485 g/mol. The number of aliphatic carboxylic acids is 1. The van der Waals surface area contributed by atoms with Crippen molar-refractivity contribution in [3.63, 3.8) is 0 Å². The van der Waals surface area contributed by atoms with Gasteiger partial charge in [-0.15, -0.1) is 0 Å². The maximum atomic E-state index is 12.1. The first-order valence-corrected chi connectivity index (χ1v) is 9.77. The number of hydrogen-bond acceptors (Lipinski definition) is 3. The first kappa shape index (κ1) is 22.2. The van der Waals surface area contributed by atoms with Crippen molar-refractivity contribution in [3.8, 4) is 0 Å². The van der Waals surface area contributed by atoms with E-state index in [0.29, 0.717) is 15.7 Å². The van der Waals surface area contributed by atoms with Crippen LogP contribution in [0.1, 0.15) is 12.5 Å². The van der Waals surface area contributed by atoms with E-state index in [9.17, 15) is 9.59 Å². The molecule has 1 unspecified atom stereocenters. The number of halogens is 3. The van der Waals surface area contributed by atoms with E-state index in [1.165, 1.54) is 16.5 Å². The molecule has 1 aliphatic heterocycles. The van der Waals surface area contributed by atoms with Crippen molar-refractivity contribution >= 4 is 62.7 Å². The minimum absolute atomic E-state index is 0.170. The minimum Gasteiger partial charge on any atom is -0.480 e. The van der Waals surface area contributed by atoms with E-state index in [2.05, 4.69) is 45.3 Å². The van der Waals surface area contributed by atoms with Crippen LogP contribution in [0.2, 0.25) is 10.0 Å². The molecule has 1 amide bonds. The van der Waals surface area contributed by atoms with E-state index >= 15 is 0 Å². The molecule has 2 aromatic rings. The lowest BCUT2D eigenvalue weighted by Gasteiger charge is -2.16. The third-order valence-corrected chi connectivity index (χ3v) is 4.59. The molecule has 1 saturated heterocycles. The summed E-state index contributed by atoms with van der Waals surface area (Å²) in [5.41, 5.74) is 1.74. The maximum absolute atomic E-state index is 12.1. The van der Waals surface area contributed by atoms with E-state index in [1.54, 1.807) is 19.1 Å². The van der Waals surface area contributed by atoms with E-state index in [4.69, 9.17) is 28.3 Å². The van der Waals surface area contributed by atoms with Crippen molar-refractivity contribution in [2.24, 2.45) is 4.99 Å². The van der Waals surface area contributed by atoms with Crippen LogP contribution in [0.3, 0.4) is 0 Å². The van der Waals surface area contributed by atoms with E-state index in [1.807, 2.05) is 12.1 Å². The molecule has 1 fully saturated rings. The lowest BCUT2D eigenvalue weighted by Crippen LogP contribution is -2.33. The van der Waals surface area contributed by atoms with Crippen molar-refractivity contribution in [2.75, 3.05) is 11.4 Å². The topological polar surface area (TPSA) is 82.0 Å². The fourth-order valence-electron chi connectivity index (χ4n) is 2.33. The van der Waals surface area contributed by atoms with Gasteiger partial charge in [-0.1, -0.05) is 56.8 Å². The predicted octanol–water partition coefficient (Wildman–Crippen LogP) is 4.52. The zero-order valence-corrected chi connectivity index (χ0v) is 18.2. The summed E-state index contributed by atoms with van der Waals surface area (Å²) >= 11 is 15.2. The molecule has 0 spiro atoms. The average Bonchev–Trinajstić information content (AvgIpc) is 2.90. The zero-order valence-electron chi connectivity index (χ0n) is 15.1. The smallest absolute Gasteiger partial charge is 0.325 e. The third-order valence-electron chi connectivity index (χ3n) is 3.63. The number of anilines is 1. The Morgan fingerprint density at radius 3 is 2.29 bits per heavy atom. The molecule has 28 heavy (non-hydrogen) atoms. The number of carboxylic acid groups (broad SMARTS) is 1. The van der Waals surface area contributed by atoms with E-state index < -0.39 is 18.6 Å². The molecule has 1 atom stereocenters. The molecule has 9 heteroatoms. The number of benzene rings is 2. The van der Waals surface area contributed by atoms with Crippen molar-refractivity contribution in [1.29, 1.82) is 0 Å². The zero-order chi connectivity index (χ0) is 20.8. The molecular weight excluding hydrogens is 469 g/mol. The van der Waals surface area contributed by atoms with Gasteiger partial charge in [-0.25, -0.2) is 9.89 Å². The van der Waals surface area contributed by atoms with Gasteiger partial charge in [0.25, 0.3) is 5.91 Å². The maximum Gasteiger partial charge on any atom is 0.325 e. The highest BCUT2D eigenvalue weighted by Crippen LogP contribution is 2.27. The normalized spacial score (nSPS) is 17.2. The lowest BCUT2D eigenvalue weighted by molar-refractivity contribution is -0.135. The van der Waals surface area contributed by atoms with Gasteiger partial charge in [0.15, 0.2) is 0 Å². The molecule has 1 heterocycles. The summed E-state index contributed by atoms with van der Waals surface area (Å²) in [6, 6.07) is 12.4. The molecule has 3 rings (SSSR count). The van der Waals surface area contributed by atoms with Crippen LogP contribution in [0, 0.1) is 6.92 Å². The molecule has 2 aromatic carbocycles. The molecular formula is C19H18BrCl2N3O3. The number of aryl methyl sites for hydroxylation is 1.